The Balaban J connectivity index is 1.66. The highest BCUT2D eigenvalue weighted by molar-refractivity contribution is 5.87. The van der Waals surface area contributed by atoms with E-state index >= 15 is 0 Å². The van der Waals surface area contributed by atoms with E-state index in [1.807, 2.05) is 18.7 Å². The predicted octanol–water partition coefficient (Wildman–Crippen LogP) is 3.74. The fourth-order valence-corrected chi connectivity index (χ4v) is 5.10. The number of rotatable bonds is 7. The molecule has 0 radical (unpaired) electrons. The van der Waals surface area contributed by atoms with Gasteiger partial charge >= 0.3 is 6.18 Å². The summed E-state index contributed by atoms with van der Waals surface area (Å²) in [6.07, 6.45) is -0.357. The lowest BCUT2D eigenvalue weighted by Crippen LogP contribution is -2.50. The fourth-order valence-electron chi connectivity index (χ4n) is 5.10. The normalized spacial score (nSPS) is 27.7. The lowest BCUT2D eigenvalue weighted by Gasteiger charge is -2.35. The molecule has 3 unspecified atom stereocenters. The molecule has 6 nitrogen and oxygen atoms in total. The van der Waals surface area contributed by atoms with Gasteiger partial charge in [-0.05, 0) is 44.9 Å². The van der Waals surface area contributed by atoms with Crippen LogP contribution >= 0.6 is 0 Å². The molecule has 0 aromatic heterocycles. The molecule has 3 atom stereocenters. The Bertz CT molecular complexity index is 631. The summed E-state index contributed by atoms with van der Waals surface area (Å²) in [5.74, 6) is -2.16. The zero-order chi connectivity index (χ0) is 22.6. The van der Waals surface area contributed by atoms with Crippen LogP contribution in [0.5, 0.6) is 0 Å². The average molecular weight is 449 g/mol. The van der Waals surface area contributed by atoms with Gasteiger partial charge in [-0.25, -0.2) is 0 Å². The second-order valence-electron chi connectivity index (χ2n) is 9.16. The smallest absolute Gasteiger partial charge is 0.342 e. The number of likely N-dealkylation sites (tertiary alicyclic amines) is 2. The van der Waals surface area contributed by atoms with Crippen molar-refractivity contribution < 1.29 is 32.2 Å². The van der Waals surface area contributed by atoms with Crippen molar-refractivity contribution in [2.24, 2.45) is 11.8 Å². The summed E-state index contributed by atoms with van der Waals surface area (Å²) < 4.78 is 49.6. The van der Waals surface area contributed by atoms with Crippen LogP contribution < -0.4 is 0 Å². The average Bonchev–Trinajstić information content (AvgIpc) is 2.93. The predicted molar refractivity (Wildman–Crippen MR) is 108 cm³/mol. The van der Waals surface area contributed by atoms with E-state index in [4.69, 9.17) is 9.47 Å². The second-order valence-corrected chi connectivity index (χ2v) is 9.16. The summed E-state index contributed by atoms with van der Waals surface area (Å²) >= 11 is 0. The molecule has 3 aliphatic heterocycles. The molecule has 0 N–H and O–H groups in total. The molecule has 3 fully saturated rings. The van der Waals surface area contributed by atoms with E-state index in [0.29, 0.717) is 32.5 Å². The van der Waals surface area contributed by atoms with Crippen LogP contribution in [0.3, 0.4) is 0 Å². The number of carbonyl (C=O) groups excluding carboxylic acids is 2. The SMILES string of the molecule is CC(CCC1C(C)C2(OCCCO2)C(=O)N1CCCC(F)(F)F)C(=O)N1CCCCC1. The van der Waals surface area contributed by atoms with Gasteiger partial charge in [0.05, 0.1) is 13.2 Å². The van der Waals surface area contributed by atoms with Crippen LogP contribution in [-0.2, 0) is 19.1 Å². The van der Waals surface area contributed by atoms with Crippen molar-refractivity contribution >= 4 is 11.8 Å². The van der Waals surface area contributed by atoms with E-state index in [1.165, 1.54) is 4.90 Å². The number of ether oxygens (including phenoxy) is 2. The molecule has 3 saturated heterocycles. The first-order chi connectivity index (χ1) is 14.7. The third-order valence-electron chi connectivity index (χ3n) is 6.90. The Morgan fingerprint density at radius 1 is 1.16 bits per heavy atom. The fraction of sp³-hybridized carbons (Fsp3) is 0.909. The molecular weight excluding hydrogens is 413 g/mol. The minimum absolute atomic E-state index is 0.0102. The van der Waals surface area contributed by atoms with Gasteiger partial charge < -0.3 is 19.3 Å². The van der Waals surface area contributed by atoms with Gasteiger partial charge in [-0.15, -0.1) is 0 Å². The third kappa shape index (κ3) is 5.53. The summed E-state index contributed by atoms with van der Waals surface area (Å²) in [6, 6.07) is -0.310. The van der Waals surface area contributed by atoms with Crippen molar-refractivity contribution in [2.45, 2.75) is 83.2 Å². The largest absolute Gasteiger partial charge is 0.389 e. The maximum absolute atomic E-state index is 13.2. The van der Waals surface area contributed by atoms with E-state index in [0.717, 1.165) is 32.4 Å². The van der Waals surface area contributed by atoms with Crippen molar-refractivity contribution in [3.8, 4) is 0 Å². The monoisotopic (exact) mass is 448 g/mol. The highest BCUT2D eigenvalue weighted by Crippen LogP contribution is 2.42. The maximum Gasteiger partial charge on any atom is 0.389 e. The minimum Gasteiger partial charge on any atom is -0.342 e. The Hall–Kier alpha value is -1.35. The lowest BCUT2D eigenvalue weighted by atomic mass is 9.90. The van der Waals surface area contributed by atoms with E-state index in [-0.39, 0.29) is 42.7 Å². The number of carbonyl (C=O) groups is 2. The molecule has 2 amide bonds. The number of piperidine rings is 1. The first kappa shape index (κ1) is 24.3. The molecular formula is C22H35F3N2O4. The number of hydrogen-bond donors (Lipinski definition) is 0. The quantitative estimate of drug-likeness (QED) is 0.596. The molecule has 1 spiro atoms. The Labute approximate surface area is 182 Å². The van der Waals surface area contributed by atoms with Crippen molar-refractivity contribution in [3.05, 3.63) is 0 Å². The topological polar surface area (TPSA) is 59.1 Å². The number of nitrogens with zero attached hydrogens (tertiary/aromatic N) is 2. The highest BCUT2D eigenvalue weighted by atomic mass is 19.4. The number of amides is 2. The van der Waals surface area contributed by atoms with Crippen LogP contribution in [0.1, 0.15) is 65.2 Å². The van der Waals surface area contributed by atoms with Crippen LogP contribution in [0, 0.1) is 11.8 Å². The number of halogens is 3. The van der Waals surface area contributed by atoms with Gasteiger partial charge in [-0.3, -0.25) is 9.59 Å². The van der Waals surface area contributed by atoms with Crippen molar-refractivity contribution in [1.82, 2.24) is 9.80 Å². The van der Waals surface area contributed by atoms with Crippen molar-refractivity contribution in [3.63, 3.8) is 0 Å². The van der Waals surface area contributed by atoms with Gasteiger partial charge in [-0.2, -0.15) is 13.2 Å². The summed E-state index contributed by atoms with van der Waals surface area (Å²) in [4.78, 5) is 29.4. The molecule has 3 heterocycles. The van der Waals surface area contributed by atoms with Gasteiger partial charge in [0, 0.05) is 43.9 Å². The molecule has 0 aromatic carbocycles. The molecule has 0 saturated carbocycles. The number of hydrogen-bond acceptors (Lipinski definition) is 4. The zero-order valence-corrected chi connectivity index (χ0v) is 18.6. The Morgan fingerprint density at radius 3 is 2.42 bits per heavy atom. The molecule has 31 heavy (non-hydrogen) atoms. The molecule has 9 heteroatoms. The Kier molecular flexibility index (Phi) is 7.89. The van der Waals surface area contributed by atoms with Crippen LogP contribution in [0.2, 0.25) is 0 Å². The van der Waals surface area contributed by atoms with Crippen LogP contribution in [0.4, 0.5) is 13.2 Å². The molecule has 0 bridgehead atoms. The maximum atomic E-state index is 13.2. The second kappa shape index (κ2) is 10.1. The van der Waals surface area contributed by atoms with Gasteiger partial charge in [0.25, 0.3) is 11.7 Å². The molecule has 3 aliphatic rings. The third-order valence-corrected chi connectivity index (χ3v) is 6.90. The van der Waals surface area contributed by atoms with Crippen molar-refractivity contribution in [2.75, 3.05) is 32.8 Å². The first-order valence-electron chi connectivity index (χ1n) is 11.6. The van der Waals surface area contributed by atoms with Gasteiger partial charge in [0.2, 0.25) is 5.91 Å². The number of alkyl halides is 3. The summed E-state index contributed by atoms with van der Waals surface area (Å²) in [7, 11) is 0. The van der Waals surface area contributed by atoms with Gasteiger partial charge in [-0.1, -0.05) is 13.8 Å². The van der Waals surface area contributed by atoms with Crippen molar-refractivity contribution in [1.29, 1.82) is 0 Å². The van der Waals surface area contributed by atoms with E-state index in [1.54, 1.807) is 0 Å². The minimum atomic E-state index is -4.26. The van der Waals surface area contributed by atoms with Crippen LogP contribution in [0.25, 0.3) is 0 Å². The molecule has 0 aromatic rings. The summed E-state index contributed by atoms with van der Waals surface area (Å²) in [5, 5.41) is 0. The van der Waals surface area contributed by atoms with Crippen LogP contribution in [0.15, 0.2) is 0 Å². The van der Waals surface area contributed by atoms with Gasteiger partial charge in [0.1, 0.15) is 0 Å². The highest BCUT2D eigenvalue weighted by Gasteiger charge is 2.60. The standard InChI is InChI=1S/C22H35F3N2O4/c1-16(19(28)26-11-4-3-5-12-26)8-9-18-17(2)22(30-14-7-15-31-22)20(29)27(18)13-6-10-21(23,24)25/h16-18H,3-15H2,1-2H3. The van der Waals surface area contributed by atoms with Crippen LogP contribution in [-0.4, -0.2) is 72.5 Å². The molecule has 178 valence electrons. The van der Waals surface area contributed by atoms with E-state index in [2.05, 4.69) is 0 Å². The summed E-state index contributed by atoms with van der Waals surface area (Å²) in [5.41, 5.74) is 0. The zero-order valence-electron chi connectivity index (χ0n) is 18.6. The molecule has 0 aliphatic carbocycles. The Morgan fingerprint density at radius 2 is 1.81 bits per heavy atom. The first-order valence-corrected chi connectivity index (χ1v) is 11.6. The van der Waals surface area contributed by atoms with E-state index in [9.17, 15) is 22.8 Å². The molecule has 3 rings (SSSR count). The summed E-state index contributed by atoms with van der Waals surface area (Å²) in [6.45, 7) is 6.14. The van der Waals surface area contributed by atoms with E-state index < -0.39 is 18.4 Å². The van der Waals surface area contributed by atoms with Gasteiger partial charge in [0.15, 0.2) is 0 Å². The lowest BCUT2D eigenvalue weighted by molar-refractivity contribution is -0.266.